The van der Waals surface area contributed by atoms with E-state index in [1.807, 2.05) is 36.4 Å². The van der Waals surface area contributed by atoms with E-state index in [0.29, 0.717) is 12.2 Å². The van der Waals surface area contributed by atoms with Gasteiger partial charge in [0, 0.05) is 11.3 Å². The molecule has 0 unspecified atom stereocenters. The Balaban J connectivity index is 1.77. The molecule has 146 valence electrons. The van der Waals surface area contributed by atoms with Gasteiger partial charge in [0.05, 0.1) is 13.2 Å². The molecule has 2 rings (SSSR count). The van der Waals surface area contributed by atoms with E-state index in [-0.39, 0.29) is 5.91 Å². The summed E-state index contributed by atoms with van der Waals surface area (Å²) in [5.74, 6) is 1.48. The van der Waals surface area contributed by atoms with Gasteiger partial charge in [0.1, 0.15) is 11.5 Å². The molecule has 0 aliphatic rings. The van der Waals surface area contributed by atoms with E-state index in [1.165, 1.54) is 25.7 Å². The molecule has 1 amide bonds. The van der Waals surface area contributed by atoms with E-state index in [0.717, 1.165) is 36.6 Å². The number of ether oxygens (including phenoxy) is 2. The predicted molar refractivity (Wildman–Crippen MR) is 111 cm³/mol. The van der Waals surface area contributed by atoms with Crippen LogP contribution in [0.15, 0.2) is 48.5 Å². The van der Waals surface area contributed by atoms with E-state index in [1.54, 1.807) is 12.1 Å². The van der Waals surface area contributed by atoms with Crippen LogP contribution in [0.4, 0.5) is 5.69 Å². The molecular formula is C23H31NO3. The lowest BCUT2D eigenvalue weighted by molar-refractivity contribution is 0.102. The Kier molecular flexibility index (Phi) is 9.25. The van der Waals surface area contributed by atoms with E-state index in [2.05, 4.69) is 19.2 Å². The van der Waals surface area contributed by atoms with Crippen molar-refractivity contribution in [3.8, 4) is 11.5 Å². The van der Waals surface area contributed by atoms with Crippen LogP contribution in [-0.2, 0) is 0 Å². The molecule has 0 aliphatic carbocycles. The number of hydrogen-bond donors (Lipinski definition) is 1. The summed E-state index contributed by atoms with van der Waals surface area (Å²) in [5.41, 5.74) is 1.35. The first-order chi connectivity index (χ1) is 13.2. The van der Waals surface area contributed by atoms with Crippen molar-refractivity contribution in [3.05, 3.63) is 54.1 Å². The highest BCUT2D eigenvalue weighted by atomic mass is 16.5. The monoisotopic (exact) mass is 369 g/mol. The minimum absolute atomic E-state index is 0.137. The third-order valence-corrected chi connectivity index (χ3v) is 4.22. The van der Waals surface area contributed by atoms with E-state index in [4.69, 9.17) is 9.47 Å². The van der Waals surface area contributed by atoms with Gasteiger partial charge < -0.3 is 14.8 Å². The van der Waals surface area contributed by atoms with Crippen LogP contribution in [0.1, 0.15) is 62.7 Å². The maximum atomic E-state index is 12.3. The first-order valence-electron chi connectivity index (χ1n) is 10.00. The molecular weight excluding hydrogens is 338 g/mol. The summed E-state index contributed by atoms with van der Waals surface area (Å²) in [6.45, 7) is 5.69. The third kappa shape index (κ3) is 7.73. The molecule has 0 radical (unpaired) electrons. The minimum Gasteiger partial charge on any atom is -0.494 e. The highest BCUT2D eigenvalue weighted by Gasteiger charge is 2.06. The zero-order valence-electron chi connectivity index (χ0n) is 16.5. The van der Waals surface area contributed by atoms with Crippen molar-refractivity contribution in [2.75, 3.05) is 18.5 Å². The Bertz CT molecular complexity index is 665. The van der Waals surface area contributed by atoms with Crippen LogP contribution in [0.2, 0.25) is 0 Å². The number of nitrogens with one attached hydrogen (secondary N) is 1. The Hall–Kier alpha value is -2.49. The molecule has 0 saturated heterocycles. The van der Waals surface area contributed by atoms with Gasteiger partial charge in [-0.15, -0.1) is 0 Å². The molecule has 0 atom stereocenters. The maximum Gasteiger partial charge on any atom is 0.255 e. The predicted octanol–water partition coefficient (Wildman–Crippen LogP) is 6.08. The number of carbonyl (C=O) groups excluding carboxylic acids is 1. The van der Waals surface area contributed by atoms with Crippen molar-refractivity contribution in [1.29, 1.82) is 0 Å². The van der Waals surface area contributed by atoms with Crippen LogP contribution in [0, 0.1) is 0 Å². The van der Waals surface area contributed by atoms with Gasteiger partial charge in [-0.05, 0) is 61.4 Å². The van der Waals surface area contributed by atoms with E-state index < -0.39 is 0 Å². The number of unbranched alkanes of at least 4 members (excludes halogenated alkanes) is 4. The lowest BCUT2D eigenvalue weighted by Gasteiger charge is -2.09. The van der Waals surface area contributed by atoms with Gasteiger partial charge in [0.2, 0.25) is 0 Å². The Labute approximate surface area is 162 Å². The Morgan fingerprint density at radius 2 is 1.33 bits per heavy atom. The zero-order chi connectivity index (χ0) is 19.3. The summed E-state index contributed by atoms with van der Waals surface area (Å²) in [5, 5.41) is 2.90. The summed E-state index contributed by atoms with van der Waals surface area (Å²) in [6.07, 6.45) is 7.08. The average Bonchev–Trinajstić information content (AvgIpc) is 2.70. The molecule has 0 aliphatic heterocycles. The Morgan fingerprint density at radius 1 is 0.741 bits per heavy atom. The quantitative estimate of drug-likeness (QED) is 0.461. The summed E-state index contributed by atoms with van der Waals surface area (Å²) in [4.78, 5) is 12.3. The van der Waals surface area contributed by atoms with Gasteiger partial charge in [-0.25, -0.2) is 0 Å². The summed E-state index contributed by atoms with van der Waals surface area (Å²) < 4.78 is 11.3. The largest absolute Gasteiger partial charge is 0.494 e. The number of benzene rings is 2. The highest BCUT2D eigenvalue weighted by molar-refractivity contribution is 6.04. The standard InChI is InChI=1S/C23H31NO3/c1-3-5-6-7-8-18-27-22-15-11-20(12-16-22)24-23(25)19-9-13-21(14-10-19)26-17-4-2/h9-16H,3-8,17-18H2,1-2H3,(H,24,25). The summed E-state index contributed by atoms with van der Waals surface area (Å²) in [7, 11) is 0. The smallest absolute Gasteiger partial charge is 0.255 e. The van der Waals surface area contributed by atoms with E-state index in [9.17, 15) is 4.79 Å². The first-order valence-corrected chi connectivity index (χ1v) is 10.00. The average molecular weight is 370 g/mol. The summed E-state index contributed by atoms with van der Waals surface area (Å²) in [6, 6.07) is 14.7. The molecule has 0 saturated carbocycles. The van der Waals surface area contributed by atoms with Gasteiger partial charge in [-0.3, -0.25) is 4.79 Å². The van der Waals surface area contributed by atoms with Crippen LogP contribution in [0.5, 0.6) is 11.5 Å². The molecule has 4 nitrogen and oxygen atoms in total. The van der Waals surface area contributed by atoms with Crippen LogP contribution < -0.4 is 14.8 Å². The molecule has 0 spiro atoms. The molecule has 4 heteroatoms. The van der Waals surface area contributed by atoms with Crippen molar-refractivity contribution < 1.29 is 14.3 Å². The topological polar surface area (TPSA) is 47.6 Å². The second-order valence-electron chi connectivity index (χ2n) is 6.61. The number of anilines is 1. The number of amides is 1. The van der Waals surface area contributed by atoms with Gasteiger partial charge in [0.25, 0.3) is 5.91 Å². The Morgan fingerprint density at radius 3 is 1.96 bits per heavy atom. The summed E-state index contributed by atoms with van der Waals surface area (Å²) >= 11 is 0. The molecule has 0 fully saturated rings. The number of rotatable bonds is 12. The number of carbonyl (C=O) groups is 1. The van der Waals surface area contributed by atoms with Crippen molar-refractivity contribution in [1.82, 2.24) is 0 Å². The molecule has 2 aromatic carbocycles. The molecule has 27 heavy (non-hydrogen) atoms. The molecule has 0 aromatic heterocycles. The number of hydrogen-bond acceptors (Lipinski definition) is 3. The van der Waals surface area contributed by atoms with Gasteiger partial charge in [-0.1, -0.05) is 39.5 Å². The van der Waals surface area contributed by atoms with Crippen molar-refractivity contribution in [2.45, 2.75) is 52.4 Å². The zero-order valence-corrected chi connectivity index (χ0v) is 16.5. The maximum absolute atomic E-state index is 12.3. The first kappa shape index (κ1) is 20.8. The van der Waals surface area contributed by atoms with E-state index >= 15 is 0 Å². The second kappa shape index (κ2) is 12.0. The van der Waals surface area contributed by atoms with Gasteiger partial charge in [-0.2, -0.15) is 0 Å². The molecule has 0 heterocycles. The SMILES string of the molecule is CCCCCCCOc1ccc(NC(=O)c2ccc(OCCC)cc2)cc1. The van der Waals surface area contributed by atoms with Crippen molar-refractivity contribution >= 4 is 11.6 Å². The van der Waals surface area contributed by atoms with Crippen molar-refractivity contribution in [2.24, 2.45) is 0 Å². The molecule has 2 aromatic rings. The minimum atomic E-state index is -0.137. The fourth-order valence-electron chi connectivity index (χ4n) is 2.66. The second-order valence-corrected chi connectivity index (χ2v) is 6.61. The van der Waals surface area contributed by atoms with Crippen LogP contribution in [0.3, 0.4) is 0 Å². The fraction of sp³-hybridized carbons (Fsp3) is 0.435. The fourth-order valence-corrected chi connectivity index (χ4v) is 2.66. The van der Waals surface area contributed by atoms with Crippen LogP contribution in [-0.4, -0.2) is 19.1 Å². The van der Waals surface area contributed by atoms with Gasteiger partial charge in [0.15, 0.2) is 0 Å². The lowest BCUT2D eigenvalue weighted by atomic mass is 10.2. The molecule has 0 bridgehead atoms. The van der Waals surface area contributed by atoms with Crippen LogP contribution in [0.25, 0.3) is 0 Å². The normalized spacial score (nSPS) is 10.4. The van der Waals surface area contributed by atoms with Crippen LogP contribution >= 0.6 is 0 Å². The lowest BCUT2D eigenvalue weighted by Crippen LogP contribution is -2.11. The van der Waals surface area contributed by atoms with Crippen molar-refractivity contribution in [3.63, 3.8) is 0 Å². The highest BCUT2D eigenvalue weighted by Crippen LogP contribution is 2.18. The molecule has 1 N–H and O–H groups in total. The van der Waals surface area contributed by atoms with Gasteiger partial charge >= 0.3 is 0 Å². The third-order valence-electron chi connectivity index (χ3n) is 4.22.